The summed E-state index contributed by atoms with van der Waals surface area (Å²) in [4.78, 5) is 12.6. The lowest BCUT2D eigenvalue weighted by atomic mass is 9.80. The van der Waals surface area contributed by atoms with E-state index < -0.39 is 0 Å². The molecule has 2 aliphatic heterocycles. The Kier molecular flexibility index (Phi) is 7.53. The van der Waals surface area contributed by atoms with Gasteiger partial charge >= 0.3 is 0 Å². The third-order valence-electron chi connectivity index (χ3n) is 5.39. The first kappa shape index (κ1) is 21.2. The molecule has 1 aromatic rings. The number of hydrogen-bond acceptors (Lipinski definition) is 4. The van der Waals surface area contributed by atoms with Crippen molar-refractivity contribution >= 4 is 30.7 Å². The molecule has 3 heterocycles. The van der Waals surface area contributed by atoms with Gasteiger partial charge < -0.3 is 16.0 Å². The lowest BCUT2D eigenvalue weighted by Gasteiger charge is -2.25. The molecule has 3 N–H and O–H groups in total. The first-order valence-corrected chi connectivity index (χ1v) is 8.31. The highest BCUT2D eigenvalue weighted by Crippen LogP contribution is 2.34. The van der Waals surface area contributed by atoms with Crippen molar-refractivity contribution in [2.24, 2.45) is 11.3 Å². The van der Waals surface area contributed by atoms with Crippen molar-refractivity contribution in [2.75, 3.05) is 32.7 Å². The van der Waals surface area contributed by atoms with Crippen LogP contribution in [0.5, 0.6) is 0 Å². The van der Waals surface area contributed by atoms with Gasteiger partial charge in [-0.15, -0.1) is 24.8 Å². The Bertz CT molecular complexity index is 565. The largest absolute Gasteiger partial charge is 0.354 e. The maximum atomic E-state index is 12.6. The minimum absolute atomic E-state index is 0. The van der Waals surface area contributed by atoms with Crippen LogP contribution in [0, 0.1) is 25.2 Å². The lowest BCUT2D eigenvalue weighted by molar-refractivity contribution is -0.130. The zero-order valence-electron chi connectivity index (χ0n) is 14.6. The zero-order chi connectivity index (χ0) is 15.7. The third kappa shape index (κ3) is 3.57. The average molecular weight is 378 g/mol. The van der Waals surface area contributed by atoms with E-state index in [1.807, 2.05) is 4.68 Å². The van der Waals surface area contributed by atoms with Crippen LogP contribution < -0.4 is 16.0 Å². The number of nitrogens with zero attached hydrogens (tertiary/aromatic N) is 2. The zero-order valence-corrected chi connectivity index (χ0v) is 16.3. The van der Waals surface area contributed by atoms with Crippen molar-refractivity contribution in [3.63, 3.8) is 0 Å². The van der Waals surface area contributed by atoms with E-state index in [1.54, 1.807) is 0 Å². The van der Waals surface area contributed by atoms with E-state index in [9.17, 15) is 4.79 Å². The van der Waals surface area contributed by atoms with E-state index in [4.69, 9.17) is 0 Å². The van der Waals surface area contributed by atoms with Crippen molar-refractivity contribution in [2.45, 2.75) is 33.7 Å². The van der Waals surface area contributed by atoms with E-state index in [0.717, 1.165) is 44.8 Å². The molecule has 8 heteroatoms. The number of nitrogens with one attached hydrogen (secondary N) is 3. The highest BCUT2D eigenvalue weighted by atomic mass is 35.5. The summed E-state index contributed by atoms with van der Waals surface area (Å²) in [5, 5.41) is 14.4. The summed E-state index contributed by atoms with van der Waals surface area (Å²) in [6.07, 6.45) is 1.01. The average Bonchev–Trinajstić information content (AvgIpc) is 3.12. The summed E-state index contributed by atoms with van der Waals surface area (Å²) < 4.78 is 2.02. The van der Waals surface area contributed by atoms with Crippen LogP contribution in [-0.2, 0) is 17.8 Å². The van der Waals surface area contributed by atoms with E-state index >= 15 is 0 Å². The molecule has 0 bridgehead atoms. The number of amides is 1. The number of aryl methyl sites for hydroxylation is 1. The number of aromatic nitrogens is 2. The first-order valence-electron chi connectivity index (χ1n) is 8.31. The molecular weight excluding hydrogens is 349 g/mol. The number of fused-ring (bicyclic) bond motifs is 1. The van der Waals surface area contributed by atoms with E-state index in [-0.39, 0.29) is 36.1 Å². The van der Waals surface area contributed by atoms with E-state index in [2.05, 4.69) is 41.8 Å². The molecule has 2 saturated heterocycles. The van der Waals surface area contributed by atoms with Gasteiger partial charge in [-0.25, -0.2) is 0 Å². The fraction of sp³-hybridized carbons (Fsp3) is 0.750. The van der Waals surface area contributed by atoms with Gasteiger partial charge in [-0.3, -0.25) is 9.48 Å². The molecule has 0 radical (unpaired) electrons. The van der Waals surface area contributed by atoms with Gasteiger partial charge in [0.2, 0.25) is 5.91 Å². The van der Waals surface area contributed by atoms with Crippen molar-refractivity contribution in [1.29, 1.82) is 0 Å². The molecule has 1 aromatic heterocycles. The highest BCUT2D eigenvalue weighted by Gasteiger charge is 2.51. The maximum absolute atomic E-state index is 12.6. The molecule has 2 fully saturated rings. The van der Waals surface area contributed by atoms with Crippen LogP contribution in [0.15, 0.2) is 0 Å². The molecule has 6 nitrogen and oxygen atoms in total. The molecule has 1 amide bonds. The number of hydrogen-bond donors (Lipinski definition) is 3. The van der Waals surface area contributed by atoms with Crippen molar-refractivity contribution in [3.05, 3.63) is 17.0 Å². The molecule has 0 saturated carbocycles. The minimum atomic E-state index is -0.246. The number of carbonyl (C=O) groups excluding carboxylic acids is 1. The quantitative estimate of drug-likeness (QED) is 0.710. The molecule has 3 rings (SSSR count). The summed E-state index contributed by atoms with van der Waals surface area (Å²) >= 11 is 0. The van der Waals surface area contributed by atoms with Crippen LogP contribution in [0.4, 0.5) is 0 Å². The first-order chi connectivity index (χ1) is 10.6. The molecule has 2 aliphatic rings. The van der Waals surface area contributed by atoms with Crippen molar-refractivity contribution in [1.82, 2.24) is 25.7 Å². The van der Waals surface area contributed by atoms with Gasteiger partial charge in [0.05, 0.1) is 17.7 Å². The van der Waals surface area contributed by atoms with Gasteiger partial charge in [-0.05, 0) is 25.8 Å². The van der Waals surface area contributed by atoms with Crippen LogP contribution >= 0.6 is 24.8 Å². The van der Waals surface area contributed by atoms with Gasteiger partial charge in [-0.1, -0.05) is 6.92 Å². The molecule has 0 unspecified atom stereocenters. The van der Waals surface area contributed by atoms with Gasteiger partial charge in [0, 0.05) is 44.3 Å². The Balaban J connectivity index is 0.00000144. The summed E-state index contributed by atoms with van der Waals surface area (Å²) in [6, 6.07) is 0. The van der Waals surface area contributed by atoms with Crippen LogP contribution in [0.3, 0.4) is 0 Å². The second-order valence-corrected chi connectivity index (χ2v) is 6.60. The standard InChI is InChI=1S/C16H27N5O.2ClH/c1-4-14-11(2)20-21(12(14)3)6-5-19-15(22)16-9-17-7-13(16)8-18-10-16;;/h13,17-18H,4-10H2,1-3H3,(H,19,22);2*1H. The molecule has 0 aliphatic carbocycles. The SMILES string of the molecule is CCc1c(C)nn(CCNC(=O)C23CNCC2CNC3)c1C.Cl.Cl. The Labute approximate surface area is 156 Å². The third-order valence-corrected chi connectivity index (χ3v) is 5.39. The van der Waals surface area contributed by atoms with Crippen LogP contribution in [-0.4, -0.2) is 48.4 Å². The summed E-state index contributed by atoms with van der Waals surface area (Å²) in [5.41, 5.74) is 3.40. The highest BCUT2D eigenvalue weighted by molar-refractivity contribution is 5.85. The van der Waals surface area contributed by atoms with Gasteiger partial charge in [0.1, 0.15) is 0 Å². The summed E-state index contributed by atoms with van der Waals surface area (Å²) in [7, 11) is 0. The smallest absolute Gasteiger partial charge is 0.229 e. The molecule has 0 aromatic carbocycles. The lowest BCUT2D eigenvalue weighted by Crippen LogP contribution is -2.47. The second-order valence-electron chi connectivity index (χ2n) is 6.60. The van der Waals surface area contributed by atoms with Crippen LogP contribution in [0.25, 0.3) is 0 Å². The van der Waals surface area contributed by atoms with E-state index in [1.165, 1.54) is 11.3 Å². The molecular formula is C16H29Cl2N5O. The fourth-order valence-corrected chi connectivity index (χ4v) is 4.01. The fourth-order valence-electron chi connectivity index (χ4n) is 4.01. The Morgan fingerprint density at radius 3 is 2.46 bits per heavy atom. The number of halogens is 2. The maximum Gasteiger partial charge on any atom is 0.229 e. The number of carbonyl (C=O) groups is 1. The Morgan fingerprint density at radius 2 is 1.92 bits per heavy atom. The minimum Gasteiger partial charge on any atom is -0.354 e. The van der Waals surface area contributed by atoms with Gasteiger partial charge in [-0.2, -0.15) is 5.10 Å². The van der Waals surface area contributed by atoms with Gasteiger partial charge in [0.15, 0.2) is 0 Å². The Hall–Kier alpha value is -0.820. The molecule has 24 heavy (non-hydrogen) atoms. The molecule has 138 valence electrons. The second kappa shape index (κ2) is 8.52. The van der Waals surface area contributed by atoms with E-state index in [0.29, 0.717) is 12.5 Å². The van der Waals surface area contributed by atoms with Crippen molar-refractivity contribution < 1.29 is 4.79 Å². The van der Waals surface area contributed by atoms with Crippen molar-refractivity contribution in [3.8, 4) is 0 Å². The number of rotatable bonds is 5. The topological polar surface area (TPSA) is 71.0 Å². The van der Waals surface area contributed by atoms with Crippen LogP contribution in [0.2, 0.25) is 0 Å². The molecule has 0 spiro atoms. The monoisotopic (exact) mass is 377 g/mol. The van der Waals surface area contributed by atoms with Crippen LogP contribution in [0.1, 0.15) is 23.9 Å². The predicted octanol–water partition coefficient (Wildman–Crippen LogP) is 0.831. The summed E-state index contributed by atoms with van der Waals surface area (Å²) in [5.74, 6) is 0.609. The predicted molar refractivity (Wildman–Crippen MR) is 100 cm³/mol. The Morgan fingerprint density at radius 1 is 1.29 bits per heavy atom. The van der Waals surface area contributed by atoms with Gasteiger partial charge in [0.25, 0.3) is 0 Å². The summed E-state index contributed by atoms with van der Waals surface area (Å²) in [6.45, 7) is 11.2. The normalized spacial score (nSPS) is 24.9. The molecule has 0 atom stereocenters.